The Bertz CT molecular complexity index is 656. The molecule has 1 heterocycles. The maximum absolute atomic E-state index is 13.1. The monoisotopic (exact) mass is 337 g/mol. The molecule has 0 spiro atoms. The number of hydrogen-bond donors (Lipinski definition) is 0. The predicted molar refractivity (Wildman–Crippen MR) is 89.7 cm³/mol. The number of benzene rings is 1. The van der Waals surface area contributed by atoms with Crippen molar-refractivity contribution < 1.29 is 9.18 Å². The number of aryl methyl sites for hydroxylation is 1. The molecule has 0 radical (unpaired) electrons. The number of amides is 1. The smallest absolute Gasteiger partial charge is 0.223 e. The standard InChI is InChI=1S/C17H17ClFNOS/c1-2-10-20(12-15-7-8-16(18)22-15)17(21)9-6-13-4-3-5-14(19)11-13/h2-5,7-8,11H,1,6,9-10,12H2. The highest BCUT2D eigenvalue weighted by atomic mass is 35.5. The minimum atomic E-state index is -0.277. The summed E-state index contributed by atoms with van der Waals surface area (Å²) in [6, 6.07) is 10.1. The van der Waals surface area contributed by atoms with E-state index in [1.165, 1.54) is 23.5 Å². The molecule has 0 unspecified atom stereocenters. The van der Waals surface area contributed by atoms with Crippen molar-refractivity contribution >= 4 is 28.8 Å². The van der Waals surface area contributed by atoms with Gasteiger partial charge in [-0.3, -0.25) is 4.79 Å². The van der Waals surface area contributed by atoms with Crippen molar-refractivity contribution in [3.05, 3.63) is 69.6 Å². The second kappa shape index (κ2) is 8.11. The number of thiophene rings is 1. The number of rotatable bonds is 7. The van der Waals surface area contributed by atoms with Gasteiger partial charge >= 0.3 is 0 Å². The summed E-state index contributed by atoms with van der Waals surface area (Å²) < 4.78 is 13.9. The second-order valence-corrected chi connectivity index (χ2v) is 6.70. The van der Waals surface area contributed by atoms with Crippen molar-refractivity contribution in [3.8, 4) is 0 Å². The van der Waals surface area contributed by atoms with Crippen LogP contribution in [0.3, 0.4) is 0 Å². The Balaban J connectivity index is 1.95. The van der Waals surface area contributed by atoms with E-state index in [0.29, 0.717) is 30.3 Å². The molecule has 22 heavy (non-hydrogen) atoms. The van der Waals surface area contributed by atoms with Gasteiger partial charge in [-0.1, -0.05) is 29.8 Å². The molecule has 0 N–H and O–H groups in total. The van der Waals surface area contributed by atoms with Gasteiger partial charge in [-0.2, -0.15) is 0 Å². The summed E-state index contributed by atoms with van der Waals surface area (Å²) in [5.74, 6) is -0.255. The highest BCUT2D eigenvalue weighted by molar-refractivity contribution is 7.16. The quantitative estimate of drug-likeness (QED) is 0.671. The molecule has 2 rings (SSSR count). The topological polar surface area (TPSA) is 20.3 Å². The zero-order valence-corrected chi connectivity index (χ0v) is 13.7. The minimum Gasteiger partial charge on any atom is -0.334 e. The Morgan fingerprint density at radius 3 is 2.82 bits per heavy atom. The third-order valence-electron chi connectivity index (χ3n) is 3.19. The average molecular weight is 338 g/mol. The lowest BCUT2D eigenvalue weighted by Crippen LogP contribution is -2.30. The van der Waals surface area contributed by atoms with Crippen molar-refractivity contribution in [2.24, 2.45) is 0 Å². The lowest BCUT2D eigenvalue weighted by molar-refractivity contribution is -0.131. The van der Waals surface area contributed by atoms with Crippen LogP contribution < -0.4 is 0 Å². The Kier molecular flexibility index (Phi) is 6.16. The highest BCUT2D eigenvalue weighted by Crippen LogP contribution is 2.23. The van der Waals surface area contributed by atoms with E-state index >= 15 is 0 Å². The van der Waals surface area contributed by atoms with E-state index in [1.54, 1.807) is 17.0 Å². The molecule has 0 aliphatic carbocycles. The summed E-state index contributed by atoms with van der Waals surface area (Å²) in [5.41, 5.74) is 0.825. The molecule has 0 aliphatic rings. The summed E-state index contributed by atoms with van der Waals surface area (Å²) in [5, 5.41) is 0. The Labute approximate surface area is 138 Å². The van der Waals surface area contributed by atoms with E-state index in [9.17, 15) is 9.18 Å². The van der Waals surface area contributed by atoms with E-state index in [1.807, 2.05) is 18.2 Å². The molecule has 5 heteroatoms. The fraction of sp³-hybridized carbons (Fsp3) is 0.235. The zero-order valence-electron chi connectivity index (χ0n) is 12.1. The Morgan fingerprint density at radius 2 is 2.18 bits per heavy atom. The zero-order chi connectivity index (χ0) is 15.9. The average Bonchev–Trinajstić information content (AvgIpc) is 2.90. The summed E-state index contributed by atoms with van der Waals surface area (Å²) >= 11 is 7.38. The first-order valence-electron chi connectivity index (χ1n) is 6.96. The van der Waals surface area contributed by atoms with Gasteiger partial charge in [0.15, 0.2) is 0 Å². The Hall–Kier alpha value is -1.65. The number of halogens is 2. The van der Waals surface area contributed by atoms with Crippen molar-refractivity contribution in [2.75, 3.05) is 6.54 Å². The van der Waals surface area contributed by atoms with Crippen LogP contribution in [0.25, 0.3) is 0 Å². The van der Waals surface area contributed by atoms with Gasteiger partial charge in [-0.15, -0.1) is 17.9 Å². The first-order valence-corrected chi connectivity index (χ1v) is 8.15. The molecule has 0 saturated heterocycles. The molecule has 2 nitrogen and oxygen atoms in total. The van der Waals surface area contributed by atoms with Gasteiger partial charge in [0.2, 0.25) is 5.91 Å². The van der Waals surface area contributed by atoms with Gasteiger partial charge in [-0.25, -0.2) is 4.39 Å². The summed E-state index contributed by atoms with van der Waals surface area (Å²) in [4.78, 5) is 15.1. The second-order valence-electron chi connectivity index (χ2n) is 4.90. The largest absolute Gasteiger partial charge is 0.334 e. The first-order chi connectivity index (χ1) is 10.6. The Morgan fingerprint density at radius 1 is 1.36 bits per heavy atom. The summed E-state index contributed by atoms with van der Waals surface area (Å²) in [6.45, 7) is 4.70. The molecule has 1 aromatic carbocycles. The van der Waals surface area contributed by atoms with Crippen LogP contribution in [0, 0.1) is 5.82 Å². The third-order valence-corrected chi connectivity index (χ3v) is 4.41. The molecule has 1 aromatic heterocycles. The lowest BCUT2D eigenvalue weighted by atomic mass is 10.1. The van der Waals surface area contributed by atoms with Gasteiger partial charge in [0, 0.05) is 17.8 Å². The van der Waals surface area contributed by atoms with Crippen LogP contribution in [0.4, 0.5) is 4.39 Å². The molecule has 1 amide bonds. The molecule has 116 valence electrons. The predicted octanol–water partition coefficient (Wildman–Crippen LogP) is 4.69. The van der Waals surface area contributed by atoms with Crippen molar-refractivity contribution in [3.63, 3.8) is 0 Å². The highest BCUT2D eigenvalue weighted by Gasteiger charge is 2.14. The van der Waals surface area contributed by atoms with Gasteiger partial charge in [0.05, 0.1) is 10.9 Å². The number of carbonyl (C=O) groups excluding carboxylic acids is 1. The van der Waals surface area contributed by atoms with E-state index in [2.05, 4.69) is 6.58 Å². The van der Waals surface area contributed by atoms with Crippen LogP contribution in [0.15, 0.2) is 49.1 Å². The molecule has 0 aliphatic heterocycles. The van der Waals surface area contributed by atoms with Crippen LogP contribution in [0.1, 0.15) is 16.9 Å². The van der Waals surface area contributed by atoms with E-state index in [0.717, 1.165) is 10.4 Å². The van der Waals surface area contributed by atoms with Crippen LogP contribution >= 0.6 is 22.9 Å². The SMILES string of the molecule is C=CCN(Cc1ccc(Cl)s1)C(=O)CCc1cccc(F)c1. The molecule has 0 atom stereocenters. The first kappa shape index (κ1) is 16.7. The number of hydrogen-bond acceptors (Lipinski definition) is 2. The molecule has 2 aromatic rings. The van der Waals surface area contributed by atoms with Crippen molar-refractivity contribution in [1.82, 2.24) is 4.90 Å². The normalized spacial score (nSPS) is 10.5. The van der Waals surface area contributed by atoms with Crippen LogP contribution in [-0.2, 0) is 17.8 Å². The van der Waals surface area contributed by atoms with E-state index in [4.69, 9.17) is 11.6 Å². The number of nitrogens with zero attached hydrogens (tertiary/aromatic N) is 1. The summed E-state index contributed by atoms with van der Waals surface area (Å²) in [7, 11) is 0. The van der Waals surface area contributed by atoms with Crippen molar-refractivity contribution in [1.29, 1.82) is 0 Å². The molecular formula is C17H17ClFNOS. The maximum atomic E-state index is 13.1. The molecular weight excluding hydrogens is 321 g/mol. The van der Waals surface area contributed by atoms with E-state index in [-0.39, 0.29) is 11.7 Å². The third kappa shape index (κ3) is 4.97. The molecule has 0 saturated carbocycles. The lowest BCUT2D eigenvalue weighted by Gasteiger charge is -2.20. The van der Waals surface area contributed by atoms with Gasteiger partial charge in [-0.05, 0) is 36.2 Å². The number of carbonyl (C=O) groups is 1. The summed E-state index contributed by atoms with van der Waals surface area (Å²) in [6.07, 6.45) is 2.57. The van der Waals surface area contributed by atoms with Crippen LogP contribution in [0.5, 0.6) is 0 Å². The van der Waals surface area contributed by atoms with Crippen molar-refractivity contribution in [2.45, 2.75) is 19.4 Å². The van der Waals surface area contributed by atoms with Crippen LogP contribution in [-0.4, -0.2) is 17.4 Å². The van der Waals surface area contributed by atoms with Gasteiger partial charge in [0.25, 0.3) is 0 Å². The fourth-order valence-electron chi connectivity index (χ4n) is 2.14. The van der Waals surface area contributed by atoms with Crippen LogP contribution in [0.2, 0.25) is 4.34 Å². The molecule has 0 fully saturated rings. The molecule has 0 bridgehead atoms. The van der Waals surface area contributed by atoms with Gasteiger partial charge in [0.1, 0.15) is 5.82 Å². The van der Waals surface area contributed by atoms with E-state index < -0.39 is 0 Å². The minimum absolute atomic E-state index is 0.0219. The van der Waals surface area contributed by atoms with Gasteiger partial charge < -0.3 is 4.90 Å². The maximum Gasteiger partial charge on any atom is 0.223 e. The fourth-order valence-corrected chi connectivity index (χ4v) is 3.24.